The number of carbonyl (C=O) groups excluding carboxylic acids is 1. The molecule has 2 rings (SSSR count). The van der Waals surface area contributed by atoms with E-state index >= 15 is 0 Å². The Morgan fingerprint density at radius 2 is 1.29 bits per heavy atom. The molecule has 0 unspecified atom stereocenters. The van der Waals surface area contributed by atoms with Crippen molar-refractivity contribution in [3.63, 3.8) is 0 Å². The molecule has 0 aliphatic rings. The summed E-state index contributed by atoms with van der Waals surface area (Å²) in [7, 11) is 0. The van der Waals surface area contributed by atoms with Crippen molar-refractivity contribution in [3.05, 3.63) is 74.0 Å². The van der Waals surface area contributed by atoms with E-state index < -0.39 is 0 Å². The van der Waals surface area contributed by atoms with E-state index in [0.717, 1.165) is 24.0 Å². The zero-order valence-electron chi connectivity index (χ0n) is 12.7. The maximum Gasteiger partial charge on any atom is 3.00 e. The fourth-order valence-corrected chi connectivity index (χ4v) is 1.44. The third-order valence-electron chi connectivity index (χ3n) is 2.12. The van der Waals surface area contributed by atoms with Gasteiger partial charge in [0, 0.05) is 0 Å². The van der Waals surface area contributed by atoms with Crippen LogP contribution in [0.4, 0.5) is 0 Å². The second-order valence-corrected chi connectivity index (χ2v) is 4.01. The molecule has 21 heavy (non-hydrogen) atoms. The molecule has 0 saturated carbocycles. The monoisotopic (exact) mass is 325 g/mol. The van der Waals surface area contributed by atoms with E-state index in [9.17, 15) is 4.79 Å². The Labute approximate surface area is 139 Å². The second kappa shape index (κ2) is 15.0. The van der Waals surface area contributed by atoms with Gasteiger partial charge in [-0.25, -0.2) is 0 Å². The van der Waals surface area contributed by atoms with Gasteiger partial charge in [0.1, 0.15) is 0 Å². The van der Waals surface area contributed by atoms with Gasteiger partial charge >= 0.3 is 16.5 Å². The molecule has 115 valence electrons. The number of hydrogen-bond donors (Lipinski definition) is 0. The van der Waals surface area contributed by atoms with Crippen LogP contribution in [0.15, 0.2) is 54.6 Å². The fourth-order valence-electron chi connectivity index (χ4n) is 1.44. The Bertz CT molecular complexity index is 464. The van der Waals surface area contributed by atoms with Crippen LogP contribution in [0, 0.1) is 13.8 Å². The first-order chi connectivity index (χ1) is 9.74. The Morgan fingerprint density at radius 1 is 0.857 bits per heavy atom. The summed E-state index contributed by atoms with van der Waals surface area (Å²) >= 11 is 0. The summed E-state index contributed by atoms with van der Waals surface area (Å²) in [5.41, 5.74) is 2.59. The van der Waals surface area contributed by atoms with Crippen LogP contribution >= 0.6 is 0 Å². The van der Waals surface area contributed by atoms with Crippen LogP contribution in [-0.4, -0.2) is 6.29 Å². The Hall–Kier alpha value is -1.40. The van der Waals surface area contributed by atoms with Gasteiger partial charge in [0.2, 0.25) is 0 Å². The molecule has 0 N–H and O–H groups in total. The van der Waals surface area contributed by atoms with E-state index in [-0.39, 0.29) is 16.5 Å². The van der Waals surface area contributed by atoms with Gasteiger partial charge in [-0.1, -0.05) is 55.8 Å². The molecular weight excluding hydrogens is 303 g/mol. The average Bonchev–Trinajstić information content (AvgIpc) is 2.50. The maximum absolute atomic E-state index is 10.7. The van der Waals surface area contributed by atoms with Gasteiger partial charge in [-0.2, -0.15) is 18.9 Å². The molecule has 0 aliphatic heterocycles. The predicted octanol–water partition coefficient (Wildman–Crippen LogP) is 5.27. The number of hydrogen-bond acceptors (Lipinski definition) is 1. The van der Waals surface area contributed by atoms with Gasteiger partial charge in [-0.05, 0) is 0 Å². The van der Waals surface area contributed by atoms with Crippen molar-refractivity contribution >= 4 is 6.29 Å². The van der Waals surface area contributed by atoms with Gasteiger partial charge in [-0.15, -0.1) is 23.3 Å². The normalized spacial score (nSPS) is 8.19. The van der Waals surface area contributed by atoms with E-state index in [2.05, 4.69) is 13.8 Å². The van der Waals surface area contributed by atoms with Crippen LogP contribution < -0.4 is 0 Å². The zero-order valence-corrected chi connectivity index (χ0v) is 13.7. The van der Waals surface area contributed by atoms with Crippen molar-refractivity contribution in [2.75, 3.05) is 0 Å². The molecule has 2 heteroatoms. The first-order valence-electron chi connectivity index (χ1n) is 6.86. The quantitative estimate of drug-likeness (QED) is 0.543. The van der Waals surface area contributed by atoms with Crippen LogP contribution in [0.1, 0.15) is 32.3 Å². The molecule has 2 aromatic rings. The number of benzene rings is 2. The van der Waals surface area contributed by atoms with Gasteiger partial charge < -0.3 is 18.6 Å². The summed E-state index contributed by atoms with van der Waals surface area (Å²) in [6.07, 6.45) is 3.94. The van der Waals surface area contributed by atoms with Crippen molar-refractivity contribution in [2.24, 2.45) is 0 Å². The van der Waals surface area contributed by atoms with Gasteiger partial charge in [0.15, 0.2) is 0 Å². The van der Waals surface area contributed by atoms with E-state index in [4.69, 9.17) is 0 Å². The smallest absolute Gasteiger partial charge is 0.376 e. The standard InChI is InChI=1S/C13H9O.2C3H7.Ni/c14-10-12-8-4-5-9-13(12)11-6-2-1-3-7-11;2*1-3-2;/h1-9H;2*1,3H2,2H3;/q3*-1;+3. The van der Waals surface area contributed by atoms with Crippen LogP contribution in [0.3, 0.4) is 0 Å². The second-order valence-electron chi connectivity index (χ2n) is 4.01. The maximum atomic E-state index is 10.7. The summed E-state index contributed by atoms with van der Waals surface area (Å²) in [5.74, 6) is 0. The molecule has 1 nitrogen and oxygen atoms in total. The van der Waals surface area contributed by atoms with Crippen molar-refractivity contribution < 1.29 is 21.3 Å². The molecule has 0 fully saturated rings. The molecule has 1 radical (unpaired) electrons. The Balaban J connectivity index is 0. The Morgan fingerprint density at radius 3 is 1.76 bits per heavy atom. The minimum Gasteiger partial charge on any atom is -0.376 e. The van der Waals surface area contributed by atoms with Crippen LogP contribution in [0.25, 0.3) is 11.1 Å². The van der Waals surface area contributed by atoms with Gasteiger partial charge in [0.25, 0.3) is 0 Å². The number of rotatable bonds is 2. The zero-order chi connectivity index (χ0) is 15.2. The van der Waals surface area contributed by atoms with Crippen molar-refractivity contribution in [3.8, 4) is 11.1 Å². The van der Waals surface area contributed by atoms with Crippen molar-refractivity contribution in [1.29, 1.82) is 0 Å². The molecule has 0 bridgehead atoms. The molecule has 0 spiro atoms. The topological polar surface area (TPSA) is 17.1 Å². The fraction of sp³-hybridized carbons (Fsp3) is 0.211. The van der Waals surface area contributed by atoms with Crippen LogP contribution in [0.5, 0.6) is 0 Å². The third-order valence-corrected chi connectivity index (χ3v) is 2.12. The molecule has 0 aromatic heterocycles. The molecule has 2 aromatic carbocycles. The average molecular weight is 326 g/mol. The molecule has 0 aliphatic carbocycles. The van der Waals surface area contributed by atoms with E-state index in [1.165, 1.54) is 0 Å². The molecule has 0 atom stereocenters. The van der Waals surface area contributed by atoms with E-state index in [0.29, 0.717) is 5.56 Å². The largest absolute Gasteiger partial charge is 3.00 e. The summed E-state index contributed by atoms with van der Waals surface area (Å²) in [6, 6.07) is 17.3. The van der Waals surface area contributed by atoms with Crippen molar-refractivity contribution in [1.82, 2.24) is 0 Å². The third kappa shape index (κ3) is 9.21. The minimum absolute atomic E-state index is 0. The van der Waals surface area contributed by atoms with Crippen molar-refractivity contribution in [2.45, 2.75) is 26.7 Å². The summed E-state index contributed by atoms with van der Waals surface area (Å²) in [6.45, 7) is 11.0. The molecule has 0 amide bonds. The Kier molecular flexibility index (Phi) is 15.6. The summed E-state index contributed by atoms with van der Waals surface area (Å²) in [5, 5.41) is 0. The molecule has 0 heterocycles. The minimum atomic E-state index is 0. The summed E-state index contributed by atoms with van der Waals surface area (Å²) in [4.78, 5) is 10.7. The van der Waals surface area contributed by atoms with Gasteiger partial charge in [-0.3, -0.25) is 0 Å². The van der Waals surface area contributed by atoms with Gasteiger partial charge in [0.05, 0.1) is 6.29 Å². The first-order valence-corrected chi connectivity index (χ1v) is 6.86. The van der Waals surface area contributed by atoms with E-state index in [1.807, 2.05) is 68.7 Å². The first kappa shape index (κ1) is 21.9. The van der Waals surface area contributed by atoms with Crippen LogP contribution in [-0.2, 0) is 21.3 Å². The molecular formula is C19H23NiO. The SMILES string of the molecule is O=[C-]c1ccccc1-c1ccccc1.[CH2-]CC.[CH2-]CC.[Ni+3]. The van der Waals surface area contributed by atoms with Crippen LogP contribution in [0.2, 0.25) is 0 Å². The van der Waals surface area contributed by atoms with E-state index in [1.54, 1.807) is 6.07 Å². The summed E-state index contributed by atoms with van der Waals surface area (Å²) < 4.78 is 0. The molecule has 0 saturated heterocycles. The predicted molar refractivity (Wildman–Crippen MR) is 88.0 cm³/mol.